The van der Waals surface area contributed by atoms with Crippen molar-refractivity contribution in [3.63, 3.8) is 0 Å². The molecule has 0 bridgehead atoms. The van der Waals surface area contributed by atoms with Gasteiger partial charge in [-0.15, -0.1) is 0 Å². The van der Waals surface area contributed by atoms with Crippen LogP contribution in [0.25, 0.3) is 0 Å². The van der Waals surface area contributed by atoms with Crippen molar-refractivity contribution in [3.05, 3.63) is 0 Å². The van der Waals surface area contributed by atoms with Crippen LogP contribution in [0.4, 0.5) is 0 Å². The van der Waals surface area contributed by atoms with E-state index in [1.807, 2.05) is 0 Å². The minimum absolute atomic E-state index is 0.0671. The Morgan fingerprint density at radius 2 is 1.94 bits per heavy atom. The van der Waals surface area contributed by atoms with Crippen LogP contribution >= 0.6 is 0 Å². The summed E-state index contributed by atoms with van der Waals surface area (Å²) in [6.45, 7) is 4.64. The number of hydrogen-bond donors (Lipinski definition) is 2. The Morgan fingerprint density at radius 3 is 2.44 bits per heavy atom. The van der Waals surface area contributed by atoms with Crippen LogP contribution in [0.1, 0.15) is 52.4 Å². The average molecular weight is 259 g/mol. The molecule has 0 radical (unpaired) electrons. The summed E-state index contributed by atoms with van der Waals surface area (Å²) in [5, 5.41) is 8.57. The SMILES string of the molecule is CCCCC(CC)COC(=O)CC[C@H](N)C(=O)O. The molecule has 1 unspecified atom stereocenters. The second-order valence-corrected chi connectivity index (χ2v) is 4.58. The van der Waals surface area contributed by atoms with E-state index in [9.17, 15) is 9.59 Å². The first-order valence-corrected chi connectivity index (χ1v) is 6.65. The molecule has 0 saturated heterocycles. The van der Waals surface area contributed by atoms with Gasteiger partial charge in [-0.1, -0.05) is 33.1 Å². The van der Waals surface area contributed by atoms with E-state index >= 15 is 0 Å². The van der Waals surface area contributed by atoms with Crippen LogP contribution in [0.5, 0.6) is 0 Å². The molecule has 0 saturated carbocycles. The minimum Gasteiger partial charge on any atom is -0.480 e. The fourth-order valence-electron chi connectivity index (χ4n) is 1.58. The Balaban J connectivity index is 3.77. The fraction of sp³-hybridized carbons (Fsp3) is 0.846. The molecule has 0 spiro atoms. The van der Waals surface area contributed by atoms with E-state index in [4.69, 9.17) is 15.6 Å². The van der Waals surface area contributed by atoms with E-state index in [-0.39, 0.29) is 18.8 Å². The minimum atomic E-state index is -1.09. The molecule has 5 nitrogen and oxygen atoms in total. The number of rotatable bonds is 10. The third-order valence-electron chi connectivity index (χ3n) is 3.00. The third-order valence-corrected chi connectivity index (χ3v) is 3.00. The predicted octanol–water partition coefficient (Wildman–Crippen LogP) is 1.94. The largest absolute Gasteiger partial charge is 0.480 e. The van der Waals surface area contributed by atoms with E-state index in [0.29, 0.717) is 12.5 Å². The Hall–Kier alpha value is -1.10. The first kappa shape index (κ1) is 16.9. The van der Waals surface area contributed by atoms with Gasteiger partial charge in [-0.25, -0.2) is 0 Å². The zero-order chi connectivity index (χ0) is 14.0. The molecule has 0 aliphatic carbocycles. The van der Waals surface area contributed by atoms with Crippen LogP contribution in [0.15, 0.2) is 0 Å². The molecule has 0 fully saturated rings. The summed E-state index contributed by atoms with van der Waals surface area (Å²) in [7, 11) is 0. The van der Waals surface area contributed by atoms with Gasteiger partial charge in [0.25, 0.3) is 0 Å². The Kier molecular flexibility index (Phi) is 9.28. The summed E-state index contributed by atoms with van der Waals surface area (Å²) in [5.41, 5.74) is 5.31. The monoisotopic (exact) mass is 259 g/mol. The summed E-state index contributed by atoms with van der Waals surface area (Å²) in [6, 6.07) is -0.986. The Labute approximate surface area is 109 Å². The van der Waals surface area contributed by atoms with Crippen LogP contribution in [0.3, 0.4) is 0 Å². The lowest BCUT2D eigenvalue weighted by atomic mass is 10.0. The predicted molar refractivity (Wildman–Crippen MR) is 69.1 cm³/mol. The lowest BCUT2D eigenvalue weighted by Gasteiger charge is -2.14. The molecule has 0 aromatic heterocycles. The van der Waals surface area contributed by atoms with Crippen molar-refractivity contribution >= 4 is 11.9 Å². The molecule has 0 aliphatic heterocycles. The summed E-state index contributed by atoms with van der Waals surface area (Å²) in [5.74, 6) is -1.04. The van der Waals surface area contributed by atoms with E-state index in [0.717, 1.165) is 25.7 Å². The number of carboxylic acids is 1. The van der Waals surface area contributed by atoms with Crippen LogP contribution in [0.2, 0.25) is 0 Å². The second-order valence-electron chi connectivity index (χ2n) is 4.58. The molecule has 18 heavy (non-hydrogen) atoms. The van der Waals surface area contributed by atoms with Gasteiger partial charge < -0.3 is 15.6 Å². The van der Waals surface area contributed by atoms with Crippen molar-refractivity contribution in [2.45, 2.75) is 58.4 Å². The summed E-state index contributed by atoms with van der Waals surface area (Å²) in [6.07, 6.45) is 4.52. The maximum Gasteiger partial charge on any atom is 0.320 e. The summed E-state index contributed by atoms with van der Waals surface area (Å²) in [4.78, 5) is 21.9. The molecular formula is C13H25NO4. The molecule has 5 heteroatoms. The van der Waals surface area contributed by atoms with Crippen molar-refractivity contribution in [3.8, 4) is 0 Å². The highest BCUT2D eigenvalue weighted by Gasteiger charge is 2.15. The molecule has 0 aromatic rings. The number of ether oxygens (including phenoxy) is 1. The molecule has 0 amide bonds. The lowest BCUT2D eigenvalue weighted by molar-refractivity contribution is -0.145. The first-order chi connectivity index (χ1) is 8.51. The number of hydrogen-bond acceptors (Lipinski definition) is 4. The quantitative estimate of drug-likeness (QED) is 0.585. The van der Waals surface area contributed by atoms with Gasteiger partial charge in [-0.05, 0) is 18.8 Å². The van der Waals surface area contributed by atoms with Gasteiger partial charge >= 0.3 is 11.9 Å². The van der Waals surface area contributed by atoms with Crippen LogP contribution in [0, 0.1) is 5.92 Å². The maximum atomic E-state index is 11.4. The zero-order valence-corrected chi connectivity index (χ0v) is 11.4. The van der Waals surface area contributed by atoms with E-state index in [2.05, 4.69) is 13.8 Å². The number of aliphatic carboxylic acids is 1. The molecule has 106 valence electrons. The van der Waals surface area contributed by atoms with Gasteiger partial charge in [0.1, 0.15) is 6.04 Å². The highest BCUT2D eigenvalue weighted by Crippen LogP contribution is 2.13. The van der Waals surface area contributed by atoms with E-state index < -0.39 is 12.0 Å². The molecule has 0 heterocycles. The van der Waals surface area contributed by atoms with Gasteiger partial charge in [0.05, 0.1) is 6.61 Å². The Morgan fingerprint density at radius 1 is 1.28 bits per heavy atom. The number of unbranched alkanes of at least 4 members (excludes halogenated alkanes) is 1. The van der Waals surface area contributed by atoms with Crippen LogP contribution < -0.4 is 5.73 Å². The number of carbonyl (C=O) groups is 2. The van der Waals surface area contributed by atoms with Crippen molar-refractivity contribution in [1.82, 2.24) is 0 Å². The molecule has 0 aliphatic rings. The van der Waals surface area contributed by atoms with Crippen molar-refractivity contribution < 1.29 is 19.4 Å². The van der Waals surface area contributed by atoms with Gasteiger partial charge in [-0.2, -0.15) is 0 Å². The zero-order valence-electron chi connectivity index (χ0n) is 11.4. The topological polar surface area (TPSA) is 89.6 Å². The van der Waals surface area contributed by atoms with Gasteiger partial charge in [0.15, 0.2) is 0 Å². The lowest BCUT2D eigenvalue weighted by Crippen LogP contribution is -2.30. The first-order valence-electron chi connectivity index (χ1n) is 6.65. The van der Waals surface area contributed by atoms with E-state index in [1.54, 1.807) is 0 Å². The molecule has 3 N–H and O–H groups in total. The number of carboxylic acid groups (broad SMARTS) is 1. The number of carbonyl (C=O) groups excluding carboxylic acids is 1. The second kappa shape index (κ2) is 9.88. The van der Waals surface area contributed by atoms with Crippen LogP contribution in [-0.4, -0.2) is 29.7 Å². The van der Waals surface area contributed by atoms with Crippen molar-refractivity contribution in [2.24, 2.45) is 11.7 Å². The number of nitrogens with two attached hydrogens (primary N) is 1. The van der Waals surface area contributed by atoms with Crippen molar-refractivity contribution in [2.75, 3.05) is 6.61 Å². The smallest absolute Gasteiger partial charge is 0.320 e. The molecular weight excluding hydrogens is 234 g/mol. The molecule has 0 rings (SSSR count). The third kappa shape index (κ3) is 8.06. The molecule has 2 atom stereocenters. The standard InChI is InChI=1S/C13H25NO4/c1-3-5-6-10(4-2)9-18-12(15)8-7-11(14)13(16)17/h10-11H,3-9,14H2,1-2H3,(H,16,17)/t10?,11-/m0/s1. The van der Waals surface area contributed by atoms with Crippen molar-refractivity contribution in [1.29, 1.82) is 0 Å². The Bertz CT molecular complexity index is 255. The molecule has 0 aromatic carbocycles. The van der Waals surface area contributed by atoms with Gasteiger partial charge in [-0.3, -0.25) is 9.59 Å². The highest BCUT2D eigenvalue weighted by atomic mass is 16.5. The number of esters is 1. The maximum absolute atomic E-state index is 11.4. The summed E-state index contributed by atoms with van der Waals surface area (Å²) >= 11 is 0. The fourth-order valence-corrected chi connectivity index (χ4v) is 1.58. The van der Waals surface area contributed by atoms with Gasteiger partial charge in [0, 0.05) is 6.42 Å². The van der Waals surface area contributed by atoms with Crippen LogP contribution in [-0.2, 0) is 14.3 Å². The normalized spacial score (nSPS) is 13.9. The van der Waals surface area contributed by atoms with Gasteiger partial charge in [0.2, 0.25) is 0 Å². The average Bonchev–Trinajstić information content (AvgIpc) is 2.35. The highest BCUT2D eigenvalue weighted by molar-refractivity contribution is 5.75. The van der Waals surface area contributed by atoms with E-state index in [1.165, 1.54) is 0 Å². The summed E-state index contributed by atoms with van der Waals surface area (Å²) < 4.78 is 5.13.